The molecule has 2 rings (SSSR count). The van der Waals surface area contributed by atoms with Crippen LogP contribution in [0.5, 0.6) is 5.75 Å². The van der Waals surface area contributed by atoms with E-state index in [0.717, 1.165) is 0 Å². The van der Waals surface area contributed by atoms with E-state index >= 15 is 0 Å². The van der Waals surface area contributed by atoms with Crippen LogP contribution in [0, 0.1) is 11.7 Å². The molecule has 1 heterocycles. The topological polar surface area (TPSA) is 186 Å². The molecule has 2 amide bonds. The van der Waals surface area contributed by atoms with Crippen molar-refractivity contribution in [2.45, 2.75) is 55.6 Å². The van der Waals surface area contributed by atoms with Gasteiger partial charge < -0.3 is 54.6 Å². The Bertz CT molecular complexity index is 1200. The summed E-state index contributed by atoms with van der Waals surface area (Å²) in [6.07, 6.45) is 1.93. The lowest BCUT2D eigenvalue weighted by Gasteiger charge is -2.23. The summed E-state index contributed by atoms with van der Waals surface area (Å²) in [6.45, 7) is 4.61. The molecule has 274 valence electrons. The van der Waals surface area contributed by atoms with E-state index in [1.807, 2.05) is 12.5 Å². The molecule has 1 aromatic rings. The van der Waals surface area contributed by atoms with Crippen molar-refractivity contribution in [3.8, 4) is 17.5 Å². The Balaban J connectivity index is 1.64. The zero-order chi connectivity index (χ0) is 35.9. The van der Waals surface area contributed by atoms with E-state index < -0.39 is 24.0 Å². The number of carbonyl (C=O) groups is 3. The zero-order valence-electron chi connectivity index (χ0n) is 28.1. The average Bonchev–Trinajstić information content (AvgIpc) is 3.46. The van der Waals surface area contributed by atoms with E-state index in [0.29, 0.717) is 38.1 Å². The van der Waals surface area contributed by atoms with Crippen molar-refractivity contribution >= 4 is 68.4 Å². The number of ether oxygens (including phenoxy) is 7. The second kappa shape index (κ2) is 25.9. The number of amides is 2. The highest BCUT2D eigenvalue weighted by Gasteiger charge is 2.38. The molecule has 14 nitrogen and oxygen atoms in total. The molecule has 0 aromatic heterocycles. The molecule has 1 aliphatic heterocycles. The van der Waals surface area contributed by atoms with E-state index in [1.54, 1.807) is 38.1 Å². The van der Waals surface area contributed by atoms with Gasteiger partial charge in [-0.25, -0.2) is 4.79 Å². The molecule has 1 fully saturated rings. The number of hydrogen-bond donors (Lipinski definition) is 4. The summed E-state index contributed by atoms with van der Waals surface area (Å²) in [5.74, 6) is 5.87. The van der Waals surface area contributed by atoms with Gasteiger partial charge in [0, 0.05) is 24.7 Å². The maximum Gasteiger partial charge on any atom is 0.511 e. The molecule has 1 aromatic carbocycles. The molecule has 0 bridgehead atoms. The number of carbonyl (C=O) groups excluding carboxylic acids is 3. The van der Waals surface area contributed by atoms with E-state index in [4.69, 9.17) is 38.9 Å². The maximum atomic E-state index is 12.2. The van der Waals surface area contributed by atoms with Crippen LogP contribution in [0.15, 0.2) is 24.3 Å². The highest BCUT2D eigenvalue weighted by atomic mass is 33.1. The van der Waals surface area contributed by atoms with Crippen LogP contribution in [0.1, 0.15) is 30.6 Å². The average molecular weight is 764 g/mol. The molecule has 5 N–H and O–H groups in total. The minimum atomic E-state index is -0.931. The Kier molecular flexibility index (Phi) is 22.8. The van der Waals surface area contributed by atoms with Gasteiger partial charge in [0.2, 0.25) is 13.2 Å². The normalized spacial score (nSPS) is 18.1. The van der Waals surface area contributed by atoms with Crippen molar-refractivity contribution < 1.29 is 52.6 Å². The third-order valence-electron chi connectivity index (χ3n) is 6.15. The first-order valence-electron chi connectivity index (χ1n) is 15.5. The van der Waals surface area contributed by atoms with E-state index in [2.05, 4.69) is 22.4 Å². The van der Waals surface area contributed by atoms with E-state index in [9.17, 15) is 19.5 Å². The molecule has 19 heteroatoms. The van der Waals surface area contributed by atoms with Gasteiger partial charge >= 0.3 is 6.16 Å². The standard InChI is InChI=1S/C30H46BN3O11S4/c1-20(2)42-29(38)45-30(49-47-4)44-23-16-25(43-24(23)17-35)31-9-6-11-33-26(36)18-39-13-14-40-27(48-46-3)19-41-22-8-5-7-21(15-22)28(37)34-12-10-32/h5,7-8,15,20,23-25,27,30-31,35H,10-14,16-19,32H2,1-4H3,(H,33,36)(H,34,37)/t23-,24?,25-,27?,30-/m1/s1. The van der Waals surface area contributed by atoms with Crippen LogP contribution < -0.4 is 21.1 Å². The van der Waals surface area contributed by atoms with E-state index in [-0.39, 0.29) is 68.9 Å². The summed E-state index contributed by atoms with van der Waals surface area (Å²) in [7, 11) is 5.95. The monoisotopic (exact) mass is 763 g/mol. The van der Waals surface area contributed by atoms with Crippen molar-refractivity contribution in [3.63, 3.8) is 0 Å². The van der Waals surface area contributed by atoms with Crippen LogP contribution in [0.3, 0.4) is 0 Å². The number of nitrogens with two attached hydrogens (primary N) is 1. The molecule has 2 unspecified atom stereocenters. The highest BCUT2D eigenvalue weighted by molar-refractivity contribution is 8.76. The number of nitrogens with one attached hydrogen (secondary N) is 2. The molecule has 1 saturated heterocycles. The summed E-state index contributed by atoms with van der Waals surface area (Å²) in [5.41, 5.74) is 4.69. The number of aliphatic hydroxyl groups excluding tert-OH is 1. The lowest BCUT2D eigenvalue weighted by atomic mass is 9.71. The summed E-state index contributed by atoms with van der Waals surface area (Å²) in [4.78, 5) is 36.2. The second-order valence-corrected chi connectivity index (χ2v) is 15.4. The summed E-state index contributed by atoms with van der Waals surface area (Å²) in [5, 5.41) is 15.2. The fraction of sp³-hybridized carbons (Fsp3) is 0.633. The third-order valence-corrected chi connectivity index (χ3v) is 9.66. The molecule has 49 heavy (non-hydrogen) atoms. The Morgan fingerprint density at radius 1 is 1.14 bits per heavy atom. The van der Waals surface area contributed by atoms with Gasteiger partial charge in [0.25, 0.3) is 11.5 Å². The van der Waals surface area contributed by atoms with Gasteiger partial charge in [-0.15, -0.1) is 0 Å². The Hall–Kier alpha value is -1.99. The van der Waals surface area contributed by atoms with Gasteiger partial charge in [-0.05, 0) is 61.8 Å². The quantitative estimate of drug-likeness (QED) is 0.0317. The molecular formula is C30H46BN3O11S4. The van der Waals surface area contributed by atoms with E-state index in [1.165, 1.54) is 43.2 Å². The fourth-order valence-corrected chi connectivity index (χ4v) is 6.72. The molecule has 0 radical (unpaired) electrons. The minimum absolute atomic E-state index is 0.132. The predicted octanol–water partition coefficient (Wildman–Crippen LogP) is 1.99. The van der Waals surface area contributed by atoms with Gasteiger partial charge in [0.1, 0.15) is 30.5 Å². The second-order valence-electron chi connectivity index (χ2n) is 10.3. The van der Waals surface area contributed by atoms with Crippen molar-refractivity contribution in [3.05, 3.63) is 29.8 Å². The first-order valence-corrected chi connectivity index (χ1v) is 20.7. The Morgan fingerprint density at radius 2 is 1.94 bits per heavy atom. The summed E-state index contributed by atoms with van der Waals surface area (Å²) >= 11 is 0. The minimum Gasteiger partial charge on any atom is -0.490 e. The molecule has 0 saturated carbocycles. The predicted molar refractivity (Wildman–Crippen MR) is 196 cm³/mol. The number of benzene rings is 1. The highest BCUT2D eigenvalue weighted by Crippen LogP contribution is 2.32. The lowest BCUT2D eigenvalue weighted by Crippen LogP contribution is -2.32. The van der Waals surface area contributed by atoms with Gasteiger partial charge in [0.15, 0.2) is 0 Å². The number of rotatable bonds is 23. The number of aliphatic hydroxyl groups is 1. The Morgan fingerprint density at radius 3 is 2.65 bits per heavy atom. The maximum absolute atomic E-state index is 12.2. The zero-order valence-corrected chi connectivity index (χ0v) is 31.4. The summed E-state index contributed by atoms with van der Waals surface area (Å²) in [6, 6.07) is 6.57. The van der Waals surface area contributed by atoms with Gasteiger partial charge in [-0.1, -0.05) is 44.4 Å². The van der Waals surface area contributed by atoms with Crippen molar-refractivity contribution in [2.24, 2.45) is 5.73 Å². The van der Waals surface area contributed by atoms with Crippen LogP contribution in [-0.4, -0.2) is 131 Å². The van der Waals surface area contributed by atoms with Gasteiger partial charge in [-0.2, -0.15) is 5.82 Å². The van der Waals surface area contributed by atoms with Crippen LogP contribution in [0.4, 0.5) is 4.79 Å². The molecule has 5 atom stereocenters. The molecule has 0 spiro atoms. The summed E-state index contributed by atoms with van der Waals surface area (Å²) < 4.78 is 39.2. The number of hydrogen-bond acceptors (Lipinski definition) is 16. The SMILES string of the molecule is CSSC(COc1cccc(C(=O)NCCN)c1)OCCOCC(=O)NCC#CB[C@H]1C[C@@H](O[C@H](OC(=O)OC(C)C)SSC)C(CO)O1. The largest absolute Gasteiger partial charge is 0.511 e. The Labute approximate surface area is 304 Å². The smallest absolute Gasteiger partial charge is 0.490 e. The lowest BCUT2D eigenvalue weighted by molar-refractivity contribution is -0.126. The molecule has 0 aliphatic carbocycles. The third kappa shape index (κ3) is 18.7. The van der Waals surface area contributed by atoms with Gasteiger partial charge in [-0.3, -0.25) is 9.59 Å². The van der Waals surface area contributed by atoms with Crippen molar-refractivity contribution in [2.75, 3.05) is 65.2 Å². The van der Waals surface area contributed by atoms with Crippen LogP contribution in [0.2, 0.25) is 0 Å². The van der Waals surface area contributed by atoms with Crippen molar-refractivity contribution in [1.29, 1.82) is 0 Å². The molecular weight excluding hydrogens is 717 g/mol. The van der Waals surface area contributed by atoms with Crippen LogP contribution in [-0.2, 0) is 33.2 Å². The van der Waals surface area contributed by atoms with Crippen molar-refractivity contribution in [1.82, 2.24) is 10.6 Å². The first kappa shape index (κ1) is 43.2. The first-order chi connectivity index (χ1) is 23.7. The van der Waals surface area contributed by atoms with Crippen LogP contribution >= 0.6 is 43.2 Å². The fourth-order valence-electron chi connectivity index (χ4n) is 4.06. The van der Waals surface area contributed by atoms with Gasteiger partial charge in [0.05, 0.1) is 38.6 Å². The molecule has 1 aliphatic rings. The van der Waals surface area contributed by atoms with Crippen LogP contribution in [0.25, 0.3) is 0 Å².